The number of benzene rings is 2. The van der Waals surface area contributed by atoms with Crippen molar-refractivity contribution in [3.8, 4) is 5.69 Å². The second-order valence-corrected chi connectivity index (χ2v) is 6.10. The summed E-state index contributed by atoms with van der Waals surface area (Å²) in [5.74, 6) is 1.26. The van der Waals surface area contributed by atoms with E-state index in [1.54, 1.807) is 0 Å². The maximum absolute atomic E-state index is 6.09. The molecule has 20 heavy (non-hydrogen) atoms. The Morgan fingerprint density at radius 3 is 2.70 bits per heavy atom. The Labute approximate surface area is 131 Å². The molecular formula is C16H14BrClN2. The molecule has 0 saturated carbocycles. The molecule has 0 saturated heterocycles. The SMILES string of the molecule is Cc1ccc(C)c(-n2c(CCl)nc3cc(Br)ccc32)c1. The van der Waals surface area contributed by atoms with Gasteiger partial charge in [0.1, 0.15) is 5.82 Å². The Hall–Kier alpha value is -1.32. The van der Waals surface area contributed by atoms with Gasteiger partial charge in [-0.25, -0.2) is 4.98 Å². The molecule has 0 amide bonds. The molecule has 1 heterocycles. The lowest BCUT2D eigenvalue weighted by Gasteiger charge is -2.12. The van der Waals surface area contributed by atoms with Crippen molar-refractivity contribution >= 4 is 38.6 Å². The van der Waals surface area contributed by atoms with Crippen molar-refractivity contribution in [2.75, 3.05) is 0 Å². The van der Waals surface area contributed by atoms with Gasteiger partial charge in [-0.1, -0.05) is 28.1 Å². The zero-order valence-electron chi connectivity index (χ0n) is 11.3. The number of nitrogens with zero attached hydrogens (tertiary/aromatic N) is 2. The third-order valence-corrected chi connectivity index (χ3v) is 4.14. The van der Waals surface area contributed by atoms with Crippen molar-refractivity contribution in [2.24, 2.45) is 0 Å². The highest BCUT2D eigenvalue weighted by atomic mass is 79.9. The van der Waals surface area contributed by atoms with Crippen molar-refractivity contribution in [1.29, 1.82) is 0 Å². The normalized spacial score (nSPS) is 11.2. The van der Waals surface area contributed by atoms with Crippen LogP contribution in [0.25, 0.3) is 16.7 Å². The second kappa shape index (κ2) is 5.23. The maximum atomic E-state index is 6.09. The number of aryl methyl sites for hydroxylation is 2. The monoisotopic (exact) mass is 348 g/mol. The van der Waals surface area contributed by atoms with Crippen LogP contribution >= 0.6 is 27.5 Å². The number of aromatic nitrogens is 2. The molecule has 3 rings (SSSR count). The van der Waals surface area contributed by atoms with Crippen LogP contribution in [-0.4, -0.2) is 9.55 Å². The van der Waals surface area contributed by atoms with Crippen molar-refractivity contribution in [3.05, 3.63) is 57.8 Å². The Kier molecular flexibility index (Phi) is 3.57. The second-order valence-electron chi connectivity index (χ2n) is 4.92. The predicted molar refractivity (Wildman–Crippen MR) is 87.8 cm³/mol. The van der Waals surface area contributed by atoms with Gasteiger partial charge in [0.2, 0.25) is 0 Å². The first-order chi connectivity index (χ1) is 9.60. The van der Waals surface area contributed by atoms with Crippen LogP contribution in [0.2, 0.25) is 0 Å². The van der Waals surface area contributed by atoms with Crippen LogP contribution in [-0.2, 0) is 5.88 Å². The van der Waals surface area contributed by atoms with Gasteiger partial charge in [-0.3, -0.25) is 4.57 Å². The topological polar surface area (TPSA) is 17.8 Å². The minimum Gasteiger partial charge on any atom is -0.295 e. The average Bonchev–Trinajstić information content (AvgIpc) is 2.78. The quantitative estimate of drug-likeness (QED) is 0.585. The van der Waals surface area contributed by atoms with E-state index in [2.05, 4.69) is 63.6 Å². The van der Waals surface area contributed by atoms with E-state index in [1.165, 1.54) is 11.1 Å². The summed E-state index contributed by atoms with van der Waals surface area (Å²) in [5.41, 5.74) is 5.62. The average molecular weight is 350 g/mol. The van der Waals surface area contributed by atoms with Crippen LogP contribution in [0.15, 0.2) is 40.9 Å². The molecular weight excluding hydrogens is 336 g/mol. The van der Waals surface area contributed by atoms with E-state index in [0.717, 1.165) is 27.0 Å². The molecule has 0 N–H and O–H groups in total. The highest BCUT2D eigenvalue weighted by Gasteiger charge is 2.13. The molecule has 4 heteroatoms. The lowest BCUT2D eigenvalue weighted by atomic mass is 10.1. The fourth-order valence-corrected chi connectivity index (χ4v) is 2.95. The summed E-state index contributed by atoms with van der Waals surface area (Å²) in [6, 6.07) is 12.6. The first kappa shape index (κ1) is 13.7. The van der Waals surface area contributed by atoms with Crippen LogP contribution in [0.3, 0.4) is 0 Å². The highest BCUT2D eigenvalue weighted by molar-refractivity contribution is 9.10. The first-order valence-corrected chi connectivity index (χ1v) is 7.73. The molecule has 0 bridgehead atoms. The summed E-state index contributed by atoms with van der Waals surface area (Å²) in [6.45, 7) is 4.20. The smallest absolute Gasteiger partial charge is 0.129 e. The first-order valence-electron chi connectivity index (χ1n) is 6.40. The molecule has 0 aliphatic rings. The van der Waals surface area contributed by atoms with Crippen molar-refractivity contribution < 1.29 is 0 Å². The van der Waals surface area contributed by atoms with E-state index in [-0.39, 0.29) is 0 Å². The predicted octanol–water partition coefficient (Wildman–Crippen LogP) is 5.14. The molecule has 3 aromatic rings. The van der Waals surface area contributed by atoms with Crippen LogP contribution in [0, 0.1) is 13.8 Å². The maximum Gasteiger partial charge on any atom is 0.129 e. The zero-order valence-corrected chi connectivity index (χ0v) is 13.7. The molecule has 0 atom stereocenters. The minimum absolute atomic E-state index is 0.389. The number of fused-ring (bicyclic) bond motifs is 1. The Morgan fingerprint density at radius 2 is 1.95 bits per heavy atom. The molecule has 0 aliphatic carbocycles. The molecule has 0 aliphatic heterocycles. The largest absolute Gasteiger partial charge is 0.295 e. The van der Waals surface area contributed by atoms with Crippen molar-refractivity contribution in [1.82, 2.24) is 9.55 Å². The van der Waals surface area contributed by atoms with E-state index in [9.17, 15) is 0 Å². The number of imidazole rings is 1. The fourth-order valence-electron chi connectivity index (χ4n) is 2.42. The van der Waals surface area contributed by atoms with Crippen LogP contribution in [0.4, 0.5) is 0 Å². The molecule has 0 unspecified atom stereocenters. The highest BCUT2D eigenvalue weighted by Crippen LogP contribution is 2.27. The van der Waals surface area contributed by atoms with Gasteiger partial charge in [-0.15, -0.1) is 11.6 Å². The molecule has 2 nitrogen and oxygen atoms in total. The van der Waals surface area contributed by atoms with Gasteiger partial charge in [0.05, 0.1) is 22.6 Å². The Bertz CT molecular complexity index is 793. The van der Waals surface area contributed by atoms with Gasteiger partial charge >= 0.3 is 0 Å². The van der Waals surface area contributed by atoms with Gasteiger partial charge in [0, 0.05) is 4.47 Å². The van der Waals surface area contributed by atoms with Gasteiger partial charge in [0.25, 0.3) is 0 Å². The van der Waals surface area contributed by atoms with E-state index < -0.39 is 0 Å². The summed E-state index contributed by atoms with van der Waals surface area (Å²) in [5, 5.41) is 0. The fraction of sp³-hybridized carbons (Fsp3) is 0.188. The third kappa shape index (κ3) is 2.25. The van der Waals surface area contributed by atoms with Crippen LogP contribution in [0.5, 0.6) is 0 Å². The molecule has 1 aromatic heterocycles. The summed E-state index contributed by atoms with van der Waals surface area (Å²) in [4.78, 5) is 4.64. The molecule has 0 spiro atoms. The number of alkyl halides is 1. The lowest BCUT2D eigenvalue weighted by molar-refractivity contribution is 0.970. The minimum atomic E-state index is 0.389. The van der Waals surface area contributed by atoms with E-state index >= 15 is 0 Å². The van der Waals surface area contributed by atoms with Gasteiger partial charge < -0.3 is 0 Å². The molecule has 0 radical (unpaired) electrons. The standard InChI is InChI=1S/C16H14BrClN2/c1-10-3-4-11(2)15(7-10)20-14-6-5-12(17)8-13(14)19-16(20)9-18/h3-8H,9H2,1-2H3. The summed E-state index contributed by atoms with van der Waals surface area (Å²) in [6.07, 6.45) is 0. The van der Waals surface area contributed by atoms with Gasteiger partial charge in [-0.05, 0) is 49.2 Å². The summed E-state index contributed by atoms with van der Waals surface area (Å²) in [7, 11) is 0. The van der Waals surface area contributed by atoms with Crippen LogP contribution in [0.1, 0.15) is 17.0 Å². The number of hydrogen-bond acceptors (Lipinski definition) is 1. The van der Waals surface area contributed by atoms with Crippen molar-refractivity contribution in [2.45, 2.75) is 19.7 Å². The third-order valence-electron chi connectivity index (χ3n) is 3.41. The summed E-state index contributed by atoms with van der Waals surface area (Å²) < 4.78 is 3.17. The summed E-state index contributed by atoms with van der Waals surface area (Å²) >= 11 is 9.58. The van der Waals surface area contributed by atoms with Gasteiger partial charge in [-0.2, -0.15) is 0 Å². The van der Waals surface area contributed by atoms with E-state index in [4.69, 9.17) is 11.6 Å². The Morgan fingerprint density at radius 1 is 1.15 bits per heavy atom. The molecule has 102 valence electrons. The lowest BCUT2D eigenvalue weighted by Crippen LogP contribution is -2.02. The number of rotatable bonds is 2. The molecule has 0 fully saturated rings. The van der Waals surface area contributed by atoms with Gasteiger partial charge in [0.15, 0.2) is 0 Å². The van der Waals surface area contributed by atoms with E-state index in [0.29, 0.717) is 5.88 Å². The van der Waals surface area contributed by atoms with Crippen molar-refractivity contribution in [3.63, 3.8) is 0 Å². The number of halogens is 2. The van der Waals surface area contributed by atoms with E-state index in [1.807, 2.05) is 12.1 Å². The molecule has 2 aromatic carbocycles. The zero-order chi connectivity index (χ0) is 14.3. The van der Waals surface area contributed by atoms with Crippen LogP contribution < -0.4 is 0 Å². The Balaban J connectivity index is 2.37. The number of hydrogen-bond donors (Lipinski definition) is 0.